The van der Waals surface area contributed by atoms with E-state index in [-0.39, 0.29) is 11.8 Å². The van der Waals surface area contributed by atoms with E-state index in [9.17, 15) is 13.5 Å². The van der Waals surface area contributed by atoms with Crippen molar-refractivity contribution in [1.82, 2.24) is 4.72 Å². The maximum atomic E-state index is 12.1. The van der Waals surface area contributed by atoms with Crippen LogP contribution in [0.15, 0.2) is 0 Å². The van der Waals surface area contributed by atoms with Crippen LogP contribution in [-0.2, 0) is 10.0 Å². The molecule has 0 aromatic heterocycles. The molecule has 2 rings (SSSR count). The Labute approximate surface area is 110 Å². The molecule has 2 atom stereocenters. The molecule has 0 amide bonds. The monoisotopic (exact) mass is 275 g/mol. The molecule has 2 N–H and O–H groups in total. The Morgan fingerprint density at radius 3 is 2.22 bits per heavy atom. The predicted octanol–water partition coefficient (Wildman–Crippen LogP) is 1.79. The van der Waals surface area contributed by atoms with Crippen molar-refractivity contribution < 1.29 is 13.5 Å². The molecule has 2 saturated carbocycles. The number of aliphatic hydroxyl groups is 1. The Morgan fingerprint density at radius 1 is 0.944 bits per heavy atom. The zero-order chi connectivity index (χ0) is 13.0. The summed E-state index contributed by atoms with van der Waals surface area (Å²) >= 11 is 0. The highest BCUT2D eigenvalue weighted by Crippen LogP contribution is 2.25. The van der Waals surface area contributed by atoms with E-state index in [0.717, 1.165) is 51.4 Å². The molecule has 0 spiro atoms. The summed E-state index contributed by atoms with van der Waals surface area (Å²) < 4.78 is 26.9. The second kappa shape index (κ2) is 6.35. The molecule has 0 radical (unpaired) electrons. The maximum absolute atomic E-state index is 12.1. The number of hydrogen-bond acceptors (Lipinski definition) is 3. The molecular weight excluding hydrogens is 250 g/mol. The lowest BCUT2D eigenvalue weighted by molar-refractivity contribution is 0.101. The van der Waals surface area contributed by atoms with Gasteiger partial charge in [-0.15, -0.1) is 0 Å². The van der Waals surface area contributed by atoms with Crippen molar-refractivity contribution in [2.75, 3.05) is 5.75 Å². The molecular formula is C13H25NO3S. The molecule has 2 aliphatic carbocycles. The number of rotatable bonds is 4. The van der Waals surface area contributed by atoms with E-state index in [1.54, 1.807) is 0 Å². The van der Waals surface area contributed by atoms with Gasteiger partial charge in [0.2, 0.25) is 10.0 Å². The summed E-state index contributed by atoms with van der Waals surface area (Å²) in [6, 6.07) is -0.257. The molecule has 0 saturated heterocycles. The first-order chi connectivity index (χ1) is 8.57. The Balaban J connectivity index is 1.85. The number of aliphatic hydroxyl groups excluding tert-OH is 1. The van der Waals surface area contributed by atoms with Crippen molar-refractivity contribution in [1.29, 1.82) is 0 Å². The highest BCUT2D eigenvalue weighted by Gasteiger charge is 2.29. The molecule has 2 fully saturated rings. The average molecular weight is 275 g/mol. The zero-order valence-electron chi connectivity index (χ0n) is 11.0. The minimum Gasteiger partial charge on any atom is -0.391 e. The third-order valence-electron chi connectivity index (χ3n) is 4.24. The van der Waals surface area contributed by atoms with E-state index in [0.29, 0.717) is 5.92 Å². The van der Waals surface area contributed by atoms with Crippen molar-refractivity contribution in [2.45, 2.75) is 69.9 Å². The Hall–Kier alpha value is -0.130. The molecule has 2 unspecified atom stereocenters. The Morgan fingerprint density at radius 2 is 1.56 bits per heavy atom. The minimum atomic E-state index is -3.22. The highest BCUT2D eigenvalue weighted by molar-refractivity contribution is 7.89. The maximum Gasteiger partial charge on any atom is 0.212 e. The van der Waals surface area contributed by atoms with Crippen LogP contribution in [0.2, 0.25) is 0 Å². The molecule has 0 aliphatic heterocycles. The van der Waals surface area contributed by atoms with Gasteiger partial charge in [-0.05, 0) is 31.6 Å². The van der Waals surface area contributed by atoms with Crippen LogP contribution < -0.4 is 4.72 Å². The van der Waals surface area contributed by atoms with E-state index in [2.05, 4.69) is 4.72 Å². The lowest BCUT2D eigenvalue weighted by Gasteiger charge is -2.29. The smallest absolute Gasteiger partial charge is 0.212 e. The summed E-state index contributed by atoms with van der Waals surface area (Å²) in [6.07, 6.45) is 8.63. The lowest BCUT2D eigenvalue weighted by Crippen LogP contribution is -2.46. The first-order valence-electron chi connectivity index (χ1n) is 7.25. The van der Waals surface area contributed by atoms with Crippen molar-refractivity contribution in [3.8, 4) is 0 Å². The van der Waals surface area contributed by atoms with Crippen LogP contribution >= 0.6 is 0 Å². The van der Waals surface area contributed by atoms with E-state index < -0.39 is 16.1 Å². The third kappa shape index (κ3) is 4.21. The van der Waals surface area contributed by atoms with Gasteiger partial charge in [-0.1, -0.05) is 32.1 Å². The fourth-order valence-corrected chi connectivity index (χ4v) is 4.98. The van der Waals surface area contributed by atoms with Crippen LogP contribution in [0.1, 0.15) is 57.8 Å². The van der Waals surface area contributed by atoms with Crippen LogP contribution in [-0.4, -0.2) is 31.4 Å². The topological polar surface area (TPSA) is 66.4 Å². The fourth-order valence-electron chi connectivity index (χ4n) is 3.19. The summed E-state index contributed by atoms with van der Waals surface area (Å²) in [6.45, 7) is 0. The summed E-state index contributed by atoms with van der Waals surface area (Å²) in [5.74, 6) is 0.563. The van der Waals surface area contributed by atoms with E-state index in [1.165, 1.54) is 6.42 Å². The van der Waals surface area contributed by atoms with Crippen LogP contribution in [0.3, 0.4) is 0 Å². The van der Waals surface area contributed by atoms with Crippen LogP contribution in [0, 0.1) is 5.92 Å². The average Bonchev–Trinajstić information content (AvgIpc) is 2.32. The minimum absolute atomic E-state index is 0.246. The first kappa shape index (κ1) is 14.3. The van der Waals surface area contributed by atoms with Gasteiger partial charge in [0.15, 0.2) is 0 Å². The van der Waals surface area contributed by atoms with Crippen molar-refractivity contribution in [2.24, 2.45) is 5.92 Å². The normalized spacial score (nSPS) is 31.4. The third-order valence-corrected chi connectivity index (χ3v) is 5.81. The largest absolute Gasteiger partial charge is 0.391 e. The Bertz CT molecular complexity index is 349. The van der Waals surface area contributed by atoms with Gasteiger partial charge in [0, 0.05) is 6.04 Å². The summed E-state index contributed by atoms with van der Waals surface area (Å²) in [4.78, 5) is 0. The van der Waals surface area contributed by atoms with Crippen molar-refractivity contribution in [3.05, 3.63) is 0 Å². The molecule has 106 valence electrons. The molecule has 0 aromatic carbocycles. The van der Waals surface area contributed by atoms with Gasteiger partial charge < -0.3 is 5.11 Å². The molecule has 2 aliphatic rings. The fraction of sp³-hybridized carbons (Fsp3) is 1.00. The van der Waals surface area contributed by atoms with E-state index >= 15 is 0 Å². The highest BCUT2D eigenvalue weighted by atomic mass is 32.2. The molecule has 0 bridgehead atoms. The standard InChI is InChI=1S/C13H25NO3S/c15-13-9-5-4-8-12(13)14-18(16,17)10-11-6-2-1-3-7-11/h11-15H,1-10H2. The molecule has 0 aromatic rings. The second-order valence-corrected chi connectivity index (χ2v) is 7.66. The SMILES string of the molecule is O=S(=O)(CC1CCCCC1)NC1CCCCC1O. The van der Waals surface area contributed by atoms with Crippen molar-refractivity contribution in [3.63, 3.8) is 0 Å². The van der Waals surface area contributed by atoms with E-state index in [4.69, 9.17) is 0 Å². The molecule has 0 heterocycles. The second-order valence-electron chi connectivity index (χ2n) is 5.86. The Kier molecular flexibility index (Phi) is 5.04. The van der Waals surface area contributed by atoms with Crippen molar-refractivity contribution >= 4 is 10.0 Å². The van der Waals surface area contributed by atoms with Gasteiger partial charge in [0.1, 0.15) is 0 Å². The molecule has 5 heteroatoms. The quantitative estimate of drug-likeness (QED) is 0.822. The molecule has 4 nitrogen and oxygen atoms in total. The first-order valence-corrected chi connectivity index (χ1v) is 8.90. The zero-order valence-corrected chi connectivity index (χ0v) is 11.8. The number of sulfonamides is 1. The summed E-state index contributed by atoms with van der Waals surface area (Å²) in [5.41, 5.74) is 0. The predicted molar refractivity (Wildman–Crippen MR) is 71.8 cm³/mol. The van der Waals surface area contributed by atoms with Gasteiger partial charge in [-0.2, -0.15) is 0 Å². The van der Waals surface area contributed by atoms with Gasteiger partial charge in [0.25, 0.3) is 0 Å². The van der Waals surface area contributed by atoms with Crippen LogP contribution in [0.5, 0.6) is 0 Å². The van der Waals surface area contributed by atoms with E-state index in [1.807, 2.05) is 0 Å². The van der Waals surface area contributed by atoms with Gasteiger partial charge in [0.05, 0.1) is 11.9 Å². The lowest BCUT2D eigenvalue weighted by atomic mass is 9.91. The summed E-state index contributed by atoms with van der Waals surface area (Å²) in [7, 11) is -3.22. The van der Waals surface area contributed by atoms with Gasteiger partial charge in [-0.3, -0.25) is 0 Å². The molecule has 18 heavy (non-hydrogen) atoms. The number of hydrogen-bond donors (Lipinski definition) is 2. The van der Waals surface area contributed by atoms with Gasteiger partial charge in [-0.25, -0.2) is 13.1 Å². The van der Waals surface area contributed by atoms with Crippen LogP contribution in [0.25, 0.3) is 0 Å². The van der Waals surface area contributed by atoms with Gasteiger partial charge >= 0.3 is 0 Å². The van der Waals surface area contributed by atoms with Crippen LogP contribution in [0.4, 0.5) is 0 Å². The number of nitrogens with one attached hydrogen (secondary N) is 1. The summed E-state index contributed by atoms with van der Waals surface area (Å²) in [5, 5.41) is 9.81.